The van der Waals surface area contributed by atoms with Gasteiger partial charge in [-0.05, 0) is 36.6 Å². The molecule has 0 aliphatic rings. The molecule has 19 heavy (non-hydrogen) atoms. The number of rotatable bonds is 7. The van der Waals surface area contributed by atoms with E-state index in [4.69, 9.17) is 0 Å². The van der Waals surface area contributed by atoms with Gasteiger partial charge in [0.25, 0.3) is 5.91 Å². The van der Waals surface area contributed by atoms with Gasteiger partial charge in [0.2, 0.25) is 0 Å². The van der Waals surface area contributed by atoms with Crippen LogP contribution in [0, 0.1) is 5.92 Å². The first-order valence-electron chi connectivity index (χ1n) is 6.84. The molecule has 1 rings (SSSR count). The zero-order valence-corrected chi connectivity index (χ0v) is 12.1. The van der Waals surface area contributed by atoms with Crippen molar-refractivity contribution in [1.29, 1.82) is 0 Å². The molecule has 0 spiro atoms. The van der Waals surface area contributed by atoms with E-state index in [1.807, 2.05) is 24.3 Å². The summed E-state index contributed by atoms with van der Waals surface area (Å²) in [5.41, 5.74) is 1.73. The molecule has 0 saturated carbocycles. The summed E-state index contributed by atoms with van der Waals surface area (Å²) >= 11 is 0. The number of amides is 1. The highest BCUT2D eigenvalue weighted by Gasteiger charge is 2.10. The topological polar surface area (TPSA) is 41.1 Å². The lowest BCUT2D eigenvalue weighted by atomic mass is 10.0. The maximum atomic E-state index is 11.7. The molecule has 3 heteroatoms. The first-order chi connectivity index (χ1) is 9.08. The van der Waals surface area contributed by atoms with Crippen molar-refractivity contribution >= 4 is 11.6 Å². The Labute approximate surface area is 116 Å². The minimum Gasteiger partial charge on any atom is -0.382 e. The Bertz CT molecular complexity index is 409. The molecule has 0 radical (unpaired) electrons. The van der Waals surface area contributed by atoms with Crippen molar-refractivity contribution in [2.24, 2.45) is 5.92 Å². The Hall–Kier alpha value is -1.77. The van der Waals surface area contributed by atoms with Crippen molar-refractivity contribution in [3.63, 3.8) is 0 Å². The molecule has 0 aliphatic heterocycles. The second-order valence-corrected chi connectivity index (χ2v) is 4.98. The van der Waals surface area contributed by atoms with Gasteiger partial charge in [-0.3, -0.25) is 4.79 Å². The van der Waals surface area contributed by atoms with Gasteiger partial charge in [-0.2, -0.15) is 0 Å². The average Bonchev–Trinajstić information content (AvgIpc) is 2.42. The van der Waals surface area contributed by atoms with Crippen molar-refractivity contribution in [1.82, 2.24) is 5.32 Å². The van der Waals surface area contributed by atoms with E-state index in [2.05, 4.69) is 38.0 Å². The van der Waals surface area contributed by atoms with Gasteiger partial charge in [-0.1, -0.05) is 26.8 Å². The first-order valence-corrected chi connectivity index (χ1v) is 6.84. The van der Waals surface area contributed by atoms with Crippen LogP contribution in [0.3, 0.4) is 0 Å². The van der Waals surface area contributed by atoms with Crippen LogP contribution in [0.1, 0.15) is 37.6 Å². The van der Waals surface area contributed by atoms with Crippen LogP contribution in [-0.4, -0.2) is 18.5 Å². The van der Waals surface area contributed by atoms with Gasteiger partial charge in [0, 0.05) is 23.8 Å². The number of benzene rings is 1. The van der Waals surface area contributed by atoms with Crippen LogP contribution in [-0.2, 0) is 0 Å². The Balaban J connectivity index is 2.65. The fourth-order valence-corrected chi connectivity index (χ4v) is 1.94. The van der Waals surface area contributed by atoms with E-state index >= 15 is 0 Å². The summed E-state index contributed by atoms with van der Waals surface area (Å²) in [7, 11) is 0. The molecular weight excluding hydrogens is 236 g/mol. The minimum atomic E-state index is -0.0673. The fraction of sp³-hybridized carbons (Fsp3) is 0.438. The van der Waals surface area contributed by atoms with E-state index in [1.54, 1.807) is 6.08 Å². The fourth-order valence-electron chi connectivity index (χ4n) is 1.94. The zero-order chi connectivity index (χ0) is 14.3. The summed E-state index contributed by atoms with van der Waals surface area (Å²) in [5, 5.41) is 6.25. The quantitative estimate of drug-likeness (QED) is 0.737. The highest BCUT2D eigenvalue weighted by atomic mass is 16.1. The van der Waals surface area contributed by atoms with Gasteiger partial charge >= 0.3 is 0 Å². The van der Waals surface area contributed by atoms with Crippen molar-refractivity contribution < 1.29 is 4.79 Å². The third-order valence-corrected chi connectivity index (χ3v) is 3.15. The molecule has 1 unspecified atom stereocenters. The molecule has 0 bridgehead atoms. The first kappa shape index (κ1) is 15.3. The zero-order valence-electron chi connectivity index (χ0n) is 12.1. The highest BCUT2D eigenvalue weighted by Crippen LogP contribution is 2.16. The standard InChI is InChI=1S/C16H24N2O/c1-5-11-17-16(19)13-7-9-14(10-8-13)18-15(6-2)12(3)4/h5,7-10,12,15,18H,1,6,11H2,2-4H3,(H,17,19). The maximum absolute atomic E-state index is 11.7. The van der Waals surface area contributed by atoms with Gasteiger partial charge < -0.3 is 10.6 Å². The van der Waals surface area contributed by atoms with E-state index in [-0.39, 0.29) is 5.91 Å². The predicted molar refractivity (Wildman–Crippen MR) is 81.5 cm³/mol. The van der Waals surface area contributed by atoms with Crippen LogP contribution in [0.2, 0.25) is 0 Å². The van der Waals surface area contributed by atoms with E-state index in [0.29, 0.717) is 24.1 Å². The number of hydrogen-bond acceptors (Lipinski definition) is 2. The molecule has 1 aromatic rings. The largest absolute Gasteiger partial charge is 0.382 e. The number of carbonyl (C=O) groups is 1. The average molecular weight is 260 g/mol. The van der Waals surface area contributed by atoms with E-state index in [9.17, 15) is 4.79 Å². The molecule has 0 saturated heterocycles. The Kier molecular flexibility index (Phi) is 6.13. The third-order valence-electron chi connectivity index (χ3n) is 3.15. The molecule has 1 atom stereocenters. The lowest BCUT2D eigenvalue weighted by molar-refractivity contribution is 0.0958. The smallest absolute Gasteiger partial charge is 0.251 e. The van der Waals surface area contributed by atoms with Gasteiger partial charge in [0.05, 0.1) is 0 Å². The van der Waals surface area contributed by atoms with E-state index < -0.39 is 0 Å². The lowest BCUT2D eigenvalue weighted by Gasteiger charge is -2.22. The lowest BCUT2D eigenvalue weighted by Crippen LogP contribution is -2.25. The number of hydrogen-bond donors (Lipinski definition) is 2. The normalized spacial score (nSPS) is 12.0. The summed E-state index contributed by atoms with van der Waals surface area (Å²) in [6, 6.07) is 8.05. The molecule has 3 nitrogen and oxygen atoms in total. The van der Waals surface area contributed by atoms with Crippen LogP contribution in [0.25, 0.3) is 0 Å². The summed E-state index contributed by atoms with van der Waals surface area (Å²) in [6.45, 7) is 10.7. The number of nitrogens with one attached hydrogen (secondary N) is 2. The minimum absolute atomic E-state index is 0.0673. The molecule has 2 N–H and O–H groups in total. The molecule has 1 aromatic carbocycles. The summed E-state index contributed by atoms with van der Waals surface area (Å²) in [6.07, 6.45) is 2.75. The SMILES string of the molecule is C=CCNC(=O)c1ccc(NC(CC)C(C)C)cc1. The van der Waals surface area contributed by atoms with Crippen LogP contribution >= 0.6 is 0 Å². The summed E-state index contributed by atoms with van der Waals surface area (Å²) < 4.78 is 0. The van der Waals surface area contributed by atoms with E-state index in [1.165, 1.54) is 0 Å². The molecule has 0 aliphatic carbocycles. The monoisotopic (exact) mass is 260 g/mol. The van der Waals surface area contributed by atoms with Crippen LogP contribution < -0.4 is 10.6 Å². The Morgan fingerprint density at radius 3 is 2.42 bits per heavy atom. The second kappa shape index (κ2) is 7.62. The molecule has 0 fully saturated rings. The van der Waals surface area contributed by atoms with Gasteiger partial charge in [0.1, 0.15) is 0 Å². The van der Waals surface area contributed by atoms with Crippen LogP contribution in [0.5, 0.6) is 0 Å². The second-order valence-electron chi connectivity index (χ2n) is 4.98. The van der Waals surface area contributed by atoms with Gasteiger partial charge in [0.15, 0.2) is 0 Å². The molecule has 0 aromatic heterocycles. The van der Waals surface area contributed by atoms with Gasteiger partial charge in [-0.25, -0.2) is 0 Å². The number of carbonyl (C=O) groups excluding carboxylic acids is 1. The van der Waals surface area contributed by atoms with Crippen LogP contribution in [0.4, 0.5) is 5.69 Å². The molecule has 0 heterocycles. The number of anilines is 1. The van der Waals surface area contributed by atoms with Crippen LogP contribution in [0.15, 0.2) is 36.9 Å². The predicted octanol–water partition coefficient (Wildman–Crippen LogP) is 3.45. The van der Waals surface area contributed by atoms with Crippen molar-refractivity contribution in [3.05, 3.63) is 42.5 Å². The third kappa shape index (κ3) is 4.78. The Morgan fingerprint density at radius 1 is 1.32 bits per heavy atom. The summed E-state index contributed by atoms with van der Waals surface area (Å²) in [5.74, 6) is 0.517. The molecule has 104 valence electrons. The van der Waals surface area contributed by atoms with Crippen molar-refractivity contribution in [2.75, 3.05) is 11.9 Å². The molecular formula is C16H24N2O. The summed E-state index contributed by atoms with van der Waals surface area (Å²) in [4.78, 5) is 11.7. The van der Waals surface area contributed by atoms with Crippen molar-refractivity contribution in [2.45, 2.75) is 33.2 Å². The van der Waals surface area contributed by atoms with E-state index in [0.717, 1.165) is 12.1 Å². The van der Waals surface area contributed by atoms with Gasteiger partial charge in [-0.15, -0.1) is 6.58 Å². The maximum Gasteiger partial charge on any atom is 0.251 e. The van der Waals surface area contributed by atoms with Crippen molar-refractivity contribution in [3.8, 4) is 0 Å². The molecule has 1 amide bonds. The Morgan fingerprint density at radius 2 is 1.95 bits per heavy atom. The highest BCUT2D eigenvalue weighted by molar-refractivity contribution is 5.94.